The molecular formula is C22H28N2O2. The molecule has 26 heavy (non-hydrogen) atoms. The molecule has 0 spiro atoms. The predicted molar refractivity (Wildman–Crippen MR) is 102 cm³/mol. The summed E-state index contributed by atoms with van der Waals surface area (Å²) in [5, 5.41) is 11.7. The third-order valence-corrected chi connectivity index (χ3v) is 6.19. The highest BCUT2D eigenvalue weighted by molar-refractivity contribution is 5.27. The zero-order chi connectivity index (χ0) is 18.1. The maximum Gasteiger partial charge on any atom is 0.118 e. The first kappa shape index (κ1) is 17.5. The Kier molecular flexibility index (Phi) is 4.72. The maximum absolute atomic E-state index is 11.7. The molecule has 1 aliphatic heterocycles. The molecule has 1 aromatic carbocycles. The number of benzene rings is 1. The van der Waals surface area contributed by atoms with Crippen molar-refractivity contribution in [1.29, 1.82) is 0 Å². The monoisotopic (exact) mass is 352 g/mol. The predicted octanol–water partition coefficient (Wildman–Crippen LogP) is 3.52. The lowest BCUT2D eigenvalue weighted by Crippen LogP contribution is -2.58. The average molecular weight is 352 g/mol. The van der Waals surface area contributed by atoms with Crippen molar-refractivity contribution in [3.63, 3.8) is 0 Å². The number of ether oxygens (including phenoxy) is 1. The van der Waals surface area contributed by atoms with Crippen molar-refractivity contribution in [2.24, 2.45) is 11.8 Å². The SMILES string of the molecule is COc1ccc(CN2C[C@H]3CCC[C@H](C2)C3(O)c2ccc(C)cn2)cc1. The fourth-order valence-electron chi connectivity index (χ4n) is 4.78. The van der Waals surface area contributed by atoms with Gasteiger partial charge >= 0.3 is 0 Å². The van der Waals surface area contributed by atoms with Gasteiger partial charge in [-0.3, -0.25) is 9.88 Å². The number of hydrogen-bond donors (Lipinski definition) is 1. The number of methoxy groups -OCH3 is 1. The summed E-state index contributed by atoms with van der Waals surface area (Å²) in [5.74, 6) is 1.40. The first-order valence-corrected chi connectivity index (χ1v) is 9.60. The van der Waals surface area contributed by atoms with Crippen molar-refractivity contribution in [2.75, 3.05) is 20.2 Å². The zero-order valence-corrected chi connectivity index (χ0v) is 15.7. The molecule has 1 saturated carbocycles. The van der Waals surface area contributed by atoms with Crippen molar-refractivity contribution in [1.82, 2.24) is 9.88 Å². The summed E-state index contributed by atoms with van der Waals surface area (Å²) in [6.07, 6.45) is 5.23. The molecule has 0 amide bonds. The molecule has 4 nitrogen and oxygen atoms in total. The third kappa shape index (κ3) is 3.12. The van der Waals surface area contributed by atoms with E-state index in [9.17, 15) is 5.11 Å². The number of rotatable bonds is 4. The van der Waals surface area contributed by atoms with Crippen LogP contribution in [0.2, 0.25) is 0 Å². The number of piperidine rings is 1. The van der Waals surface area contributed by atoms with Gasteiger partial charge in [-0.2, -0.15) is 0 Å². The highest BCUT2D eigenvalue weighted by Gasteiger charge is 2.52. The van der Waals surface area contributed by atoms with E-state index in [0.29, 0.717) is 0 Å². The summed E-state index contributed by atoms with van der Waals surface area (Å²) in [4.78, 5) is 7.10. The molecule has 1 aromatic heterocycles. The number of likely N-dealkylation sites (tertiary alicyclic amines) is 1. The Hall–Kier alpha value is -1.91. The summed E-state index contributed by atoms with van der Waals surface area (Å²) in [7, 11) is 1.70. The van der Waals surface area contributed by atoms with Crippen molar-refractivity contribution in [3.05, 3.63) is 59.4 Å². The Balaban J connectivity index is 1.53. The van der Waals surface area contributed by atoms with E-state index in [2.05, 4.69) is 28.1 Å². The van der Waals surface area contributed by atoms with E-state index in [1.165, 1.54) is 12.0 Å². The van der Waals surface area contributed by atoms with Crippen LogP contribution in [0.4, 0.5) is 0 Å². The van der Waals surface area contributed by atoms with Crippen LogP contribution in [0.5, 0.6) is 5.75 Å². The summed E-state index contributed by atoms with van der Waals surface area (Å²) in [6, 6.07) is 12.4. The molecule has 1 aliphatic carbocycles. The Morgan fingerprint density at radius 1 is 1.12 bits per heavy atom. The van der Waals surface area contributed by atoms with Crippen LogP contribution in [0.1, 0.15) is 36.1 Å². The number of nitrogens with zero attached hydrogens (tertiary/aromatic N) is 2. The Morgan fingerprint density at radius 3 is 2.38 bits per heavy atom. The molecule has 1 N–H and O–H groups in total. The number of fused-ring (bicyclic) bond motifs is 2. The fourth-order valence-corrected chi connectivity index (χ4v) is 4.78. The van der Waals surface area contributed by atoms with Crippen molar-refractivity contribution >= 4 is 0 Å². The van der Waals surface area contributed by atoms with E-state index in [1.54, 1.807) is 7.11 Å². The van der Waals surface area contributed by atoms with Gasteiger partial charge in [-0.15, -0.1) is 0 Å². The number of aliphatic hydroxyl groups is 1. The van der Waals surface area contributed by atoms with Crippen molar-refractivity contribution < 1.29 is 9.84 Å². The molecule has 2 fully saturated rings. The molecule has 0 radical (unpaired) electrons. The summed E-state index contributed by atoms with van der Waals surface area (Å²) in [6.45, 7) is 4.82. The molecular weight excluding hydrogens is 324 g/mol. The standard InChI is InChI=1S/C22H28N2O2/c1-16-6-11-21(23-12-16)22(25)18-4-3-5-19(22)15-24(14-18)13-17-7-9-20(26-2)10-8-17/h6-12,18-19,25H,3-5,13-15H2,1-2H3/t18-,19-/m1/s1. The quantitative estimate of drug-likeness (QED) is 0.914. The Bertz CT molecular complexity index is 728. The van der Waals surface area contributed by atoms with Gasteiger partial charge in [0.05, 0.1) is 12.8 Å². The van der Waals surface area contributed by atoms with E-state index in [0.717, 1.165) is 49.5 Å². The number of aromatic nitrogens is 1. The molecule has 1 saturated heterocycles. The molecule has 138 valence electrons. The molecule has 0 unspecified atom stereocenters. The fraction of sp³-hybridized carbons (Fsp3) is 0.500. The number of aryl methyl sites for hydroxylation is 1. The van der Waals surface area contributed by atoms with E-state index in [4.69, 9.17) is 4.74 Å². The van der Waals surface area contributed by atoms with E-state index < -0.39 is 5.60 Å². The van der Waals surface area contributed by atoms with Gasteiger partial charge in [0.1, 0.15) is 11.4 Å². The van der Waals surface area contributed by atoms with Crippen LogP contribution < -0.4 is 4.74 Å². The minimum atomic E-state index is -0.775. The van der Waals surface area contributed by atoms with Crippen molar-refractivity contribution in [2.45, 2.75) is 38.3 Å². The minimum absolute atomic E-state index is 0.253. The summed E-state index contributed by atoms with van der Waals surface area (Å²) in [5.41, 5.74) is 2.52. The number of hydrogen-bond acceptors (Lipinski definition) is 4. The van der Waals surface area contributed by atoms with E-state index >= 15 is 0 Å². The van der Waals surface area contributed by atoms with Crippen molar-refractivity contribution in [3.8, 4) is 5.75 Å². The average Bonchev–Trinajstić information content (AvgIpc) is 2.64. The topological polar surface area (TPSA) is 45.6 Å². The second-order valence-corrected chi connectivity index (χ2v) is 7.91. The molecule has 2 aromatic rings. The number of pyridine rings is 1. The second kappa shape index (κ2) is 7.01. The molecule has 2 aliphatic rings. The highest BCUT2D eigenvalue weighted by Crippen LogP contribution is 2.48. The lowest BCUT2D eigenvalue weighted by Gasteiger charge is -2.52. The van der Waals surface area contributed by atoms with E-state index in [-0.39, 0.29) is 11.8 Å². The van der Waals surface area contributed by atoms with E-state index in [1.807, 2.05) is 31.3 Å². The van der Waals surface area contributed by atoms with Crippen LogP contribution in [0, 0.1) is 18.8 Å². The van der Waals surface area contributed by atoms with Gasteiger partial charge < -0.3 is 9.84 Å². The first-order valence-electron chi connectivity index (χ1n) is 9.60. The Labute approximate surface area is 155 Å². The third-order valence-electron chi connectivity index (χ3n) is 6.19. The molecule has 4 rings (SSSR count). The second-order valence-electron chi connectivity index (χ2n) is 7.91. The smallest absolute Gasteiger partial charge is 0.118 e. The van der Waals surface area contributed by atoms with Gasteiger partial charge in [-0.05, 0) is 49.1 Å². The molecule has 2 bridgehead atoms. The maximum atomic E-state index is 11.7. The highest BCUT2D eigenvalue weighted by atomic mass is 16.5. The van der Waals surface area contributed by atoms with Gasteiger partial charge in [0.15, 0.2) is 0 Å². The molecule has 4 heteroatoms. The lowest BCUT2D eigenvalue weighted by atomic mass is 9.64. The van der Waals surface area contributed by atoms with Gasteiger partial charge in [0.25, 0.3) is 0 Å². The van der Waals surface area contributed by atoms with Gasteiger partial charge in [-0.1, -0.05) is 24.6 Å². The Morgan fingerprint density at radius 2 is 1.81 bits per heavy atom. The summed E-state index contributed by atoms with van der Waals surface area (Å²) < 4.78 is 5.25. The van der Waals surface area contributed by atoms with Gasteiger partial charge in [-0.25, -0.2) is 0 Å². The van der Waals surface area contributed by atoms with Crippen LogP contribution in [0.25, 0.3) is 0 Å². The minimum Gasteiger partial charge on any atom is -0.497 e. The lowest BCUT2D eigenvalue weighted by molar-refractivity contribution is -0.151. The summed E-state index contributed by atoms with van der Waals surface area (Å²) >= 11 is 0. The normalized spacial score (nSPS) is 28.7. The first-order chi connectivity index (χ1) is 12.6. The van der Waals surface area contributed by atoms with Crippen LogP contribution in [-0.4, -0.2) is 35.2 Å². The van der Waals surface area contributed by atoms with Crippen LogP contribution in [-0.2, 0) is 12.1 Å². The molecule has 2 atom stereocenters. The zero-order valence-electron chi connectivity index (χ0n) is 15.7. The van der Waals surface area contributed by atoms with Crippen LogP contribution in [0.15, 0.2) is 42.6 Å². The van der Waals surface area contributed by atoms with Gasteiger partial charge in [0, 0.05) is 37.7 Å². The largest absolute Gasteiger partial charge is 0.497 e. The van der Waals surface area contributed by atoms with Crippen LogP contribution in [0.3, 0.4) is 0 Å². The van der Waals surface area contributed by atoms with Gasteiger partial charge in [0.2, 0.25) is 0 Å². The van der Waals surface area contributed by atoms with Crippen LogP contribution >= 0.6 is 0 Å². The molecule has 2 heterocycles.